The van der Waals surface area contributed by atoms with Gasteiger partial charge in [-0.25, -0.2) is 0 Å². The van der Waals surface area contributed by atoms with Crippen LogP contribution in [0, 0.1) is 0 Å². The summed E-state index contributed by atoms with van der Waals surface area (Å²) < 4.78 is 66.0. The van der Waals surface area contributed by atoms with Crippen LogP contribution in [0.15, 0.2) is 42.5 Å². The maximum absolute atomic E-state index is 12.7. The molecule has 0 spiro atoms. The molecule has 0 heterocycles. The van der Waals surface area contributed by atoms with Crippen LogP contribution in [0.25, 0.3) is 0 Å². The summed E-state index contributed by atoms with van der Waals surface area (Å²) in [7, 11) is -1.25. The number of carbonyl (C=O) groups excluding carboxylic acids is 1. The van der Waals surface area contributed by atoms with Crippen LogP contribution in [-0.4, -0.2) is 24.4 Å². The van der Waals surface area contributed by atoms with E-state index in [1.54, 1.807) is 0 Å². The van der Waals surface area contributed by atoms with Gasteiger partial charge in [0.2, 0.25) is 5.91 Å². The van der Waals surface area contributed by atoms with Gasteiger partial charge >= 0.3 is 20.2 Å². The van der Waals surface area contributed by atoms with Crippen LogP contribution >= 0.6 is 31.2 Å². The zero-order valence-electron chi connectivity index (χ0n) is 15.6. The first-order valence-electron chi connectivity index (χ1n) is 8.27. The van der Waals surface area contributed by atoms with Crippen molar-refractivity contribution in [3.63, 3.8) is 0 Å². The third-order valence-corrected chi connectivity index (χ3v) is 5.01. The summed E-state index contributed by atoms with van der Waals surface area (Å²) in [5.41, 5.74) is -0.910. The average Bonchev–Trinajstić information content (AvgIpc) is 2.67. The van der Waals surface area contributed by atoms with Crippen LogP contribution in [-0.2, 0) is 20.1 Å². The van der Waals surface area contributed by atoms with E-state index in [9.17, 15) is 22.5 Å². The number of alkyl halides is 4. The van der Waals surface area contributed by atoms with E-state index in [0.717, 1.165) is 18.2 Å². The zero-order valence-corrected chi connectivity index (χ0v) is 18.0. The van der Waals surface area contributed by atoms with E-state index >= 15 is 0 Å². The van der Waals surface area contributed by atoms with E-state index in [4.69, 9.17) is 37.2 Å². The fourth-order valence-corrected chi connectivity index (χ4v) is 3.00. The number of amides is 1. The molecule has 0 saturated heterocycles. The molecule has 1 amide bonds. The lowest BCUT2D eigenvalue weighted by atomic mass is 10.2. The molecule has 1 N–H and O–H groups in total. The van der Waals surface area contributed by atoms with Crippen molar-refractivity contribution in [1.82, 2.24) is 5.32 Å². The maximum atomic E-state index is 12.7. The molecule has 0 aliphatic rings. The number of ether oxygens (including phenoxy) is 2. The van der Waals surface area contributed by atoms with Gasteiger partial charge in [0.25, 0.3) is 0 Å². The summed E-state index contributed by atoms with van der Waals surface area (Å²) in [5, 5.41) is 1.21. The second-order valence-electron chi connectivity index (χ2n) is 5.78. The molecule has 0 aliphatic carbocycles. The van der Waals surface area contributed by atoms with Crippen LogP contribution in [0.2, 0.25) is 5.02 Å². The quantitative estimate of drug-likeness (QED) is 0.285. The van der Waals surface area contributed by atoms with Crippen molar-refractivity contribution in [2.45, 2.75) is 24.4 Å². The van der Waals surface area contributed by atoms with Gasteiger partial charge in [-0.2, -0.15) is 13.2 Å². The second kappa shape index (κ2) is 10.3. The van der Waals surface area contributed by atoms with Crippen molar-refractivity contribution < 1.29 is 36.5 Å². The van der Waals surface area contributed by atoms with Crippen LogP contribution < -0.4 is 14.8 Å². The van der Waals surface area contributed by atoms with Crippen LogP contribution in [0.4, 0.5) is 13.2 Å². The van der Waals surface area contributed by atoms with Gasteiger partial charge in [-0.3, -0.25) is 10.1 Å². The number of hydrogen-bond acceptors (Lipinski definition) is 5. The maximum Gasteiger partial charge on any atom is 0.577 e. The molecule has 0 fully saturated rings. The smallest absolute Gasteiger partial charge is 0.456 e. The summed E-state index contributed by atoms with van der Waals surface area (Å²) in [6, 6.07) is 8.56. The van der Waals surface area contributed by atoms with E-state index in [-0.39, 0.29) is 22.3 Å². The van der Waals surface area contributed by atoms with Gasteiger partial charge in [-0.05, 0) is 41.8 Å². The molecule has 12 heteroatoms. The Kier molecular flexibility index (Phi) is 8.32. The Hall–Kier alpha value is -2.06. The molecule has 3 atom stereocenters. The van der Waals surface area contributed by atoms with E-state index < -0.39 is 37.0 Å². The molecule has 2 rings (SSSR count). The molecule has 0 aromatic heterocycles. The summed E-state index contributed by atoms with van der Waals surface area (Å²) in [6.07, 6.45) is -4.53. The minimum Gasteiger partial charge on any atom is -0.456 e. The lowest BCUT2D eigenvalue weighted by Crippen LogP contribution is -2.40. The SMILES string of the molecule is CO[P+](=O)C(NC(=O)C(C)Cl)Oc1cccc(Oc2ccc(C(F)(F)F)cc2Cl)c1. The Morgan fingerprint density at radius 1 is 1.17 bits per heavy atom. The predicted molar refractivity (Wildman–Crippen MR) is 105 cm³/mol. The highest BCUT2D eigenvalue weighted by Crippen LogP contribution is 2.37. The molecule has 162 valence electrons. The molecule has 0 radical (unpaired) electrons. The van der Waals surface area contributed by atoms with Gasteiger partial charge in [-0.1, -0.05) is 17.7 Å². The van der Waals surface area contributed by atoms with Gasteiger partial charge < -0.3 is 9.47 Å². The topological polar surface area (TPSA) is 73.9 Å². The molecule has 30 heavy (non-hydrogen) atoms. The van der Waals surface area contributed by atoms with E-state index in [2.05, 4.69) is 5.32 Å². The predicted octanol–water partition coefficient (Wildman–Crippen LogP) is 5.95. The molecule has 0 aliphatic heterocycles. The van der Waals surface area contributed by atoms with Crippen molar-refractivity contribution in [3.8, 4) is 17.2 Å². The van der Waals surface area contributed by atoms with Crippen molar-refractivity contribution in [1.29, 1.82) is 0 Å². The number of halogens is 5. The van der Waals surface area contributed by atoms with E-state index in [1.807, 2.05) is 0 Å². The second-order valence-corrected chi connectivity index (χ2v) is 8.25. The lowest BCUT2D eigenvalue weighted by Gasteiger charge is -2.14. The molecule has 3 unspecified atom stereocenters. The first-order chi connectivity index (χ1) is 14.0. The Labute approximate surface area is 181 Å². The normalized spacial score (nSPS) is 13.9. The molecular weight excluding hydrogens is 469 g/mol. The molecule has 0 saturated carbocycles. The van der Waals surface area contributed by atoms with Crippen LogP contribution in [0.3, 0.4) is 0 Å². The van der Waals surface area contributed by atoms with Crippen molar-refractivity contribution >= 4 is 37.1 Å². The number of nitrogens with one attached hydrogen (secondary N) is 1. The molecule has 2 aromatic carbocycles. The zero-order chi connectivity index (χ0) is 22.5. The number of carbonyl (C=O) groups is 1. The summed E-state index contributed by atoms with van der Waals surface area (Å²) in [6.45, 7) is 1.43. The average molecular weight is 485 g/mol. The first kappa shape index (κ1) is 24.2. The third-order valence-electron chi connectivity index (χ3n) is 3.54. The standard InChI is InChI=1S/C18H15Cl2F3NO5P/c1-10(19)16(25)24-17(30(26)27-2)29-13-5-3-4-12(9-13)28-15-7-6-11(8-14(15)20)18(21,22)23/h3-10,17H,1-2H3/p+1. The summed E-state index contributed by atoms with van der Waals surface area (Å²) >= 11 is 11.6. The monoisotopic (exact) mass is 484 g/mol. The van der Waals surface area contributed by atoms with Crippen molar-refractivity contribution in [3.05, 3.63) is 53.1 Å². The van der Waals surface area contributed by atoms with Gasteiger partial charge in [0, 0.05) is 6.07 Å². The highest BCUT2D eigenvalue weighted by Gasteiger charge is 2.36. The van der Waals surface area contributed by atoms with Crippen LogP contribution in [0.5, 0.6) is 17.2 Å². The summed E-state index contributed by atoms with van der Waals surface area (Å²) in [5.74, 6) is -1.64. The summed E-state index contributed by atoms with van der Waals surface area (Å²) in [4.78, 5) is 11.8. The largest absolute Gasteiger partial charge is 0.577 e. The lowest BCUT2D eigenvalue weighted by molar-refractivity contribution is -0.137. The minimum absolute atomic E-state index is 0.00870. The highest BCUT2D eigenvalue weighted by molar-refractivity contribution is 7.39. The number of hydrogen-bond donors (Lipinski definition) is 1. The Morgan fingerprint density at radius 2 is 1.83 bits per heavy atom. The third kappa shape index (κ3) is 6.74. The van der Waals surface area contributed by atoms with Crippen molar-refractivity contribution in [2.75, 3.05) is 7.11 Å². The van der Waals surface area contributed by atoms with E-state index in [0.29, 0.717) is 0 Å². The molecule has 6 nitrogen and oxygen atoms in total. The van der Waals surface area contributed by atoms with Crippen LogP contribution in [0.1, 0.15) is 12.5 Å². The van der Waals surface area contributed by atoms with E-state index in [1.165, 1.54) is 38.3 Å². The highest BCUT2D eigenvalue weighted by atomic mass is 35.5. The van der Waals surface area contributed by atoms with Gasteiger partial charge in [0.15, 0.2) is 0 Å². The fraction of sp³-hybridized carbons (Fsp3) is 0.278. The molecule has 0 bridgehead atoms. The van der Waals surface area contributed by atoms with Gasteiger partial charge in [0.1, 0.15) is 22.6 Å². The Bertz CT molecular complexity index is 927. The minimum atomic E-state index is -4.53. The van der Waals surface area contributed by atoms with Gasteiger partial charge in [-0.15, -0.1) is 16.1 Å². The number of rotatable bonds is 8. The molecular formula is C18H16Cl2F3NO5P+. The van der Waals surface area contributed by atoms with Gasteiger partial charge in [0.05, 0.1) is 17.7 Å². The first-order valence-corrected chi connectivity index (χ1v) is 10.3. The molecule has 2 aromatic rings. The fourth-order valence-electron chi connectivity index (χ4n) is 2.08. The Balaban J connectivity index is 2.19. The number of benzene rings is 2. The Morgan fingerprint density at radius 3 is 2.40 bits per heavy atom. The van der Waals surface area contributed by atoms with Crippen molar-refractivity contribution in [2.24, 2.45) is 0 Å².